The van der Waals surface area contributed by atoms with Crippen molar-refractivity contribution < 1.29 is 9.53 Å². The van der Waals surface area contributed by atoms with E-state index < -0.39 is 0 Å². The number of rotatable bonds is 5. The second kappa shape index (κ2) is 7.93. The van der Waals surface area contributed by atoms with Gasteiger partial charge in [-0.2, -0.15) is 5.10 Å². The Morgan fingerprint density at radius 3 is 1.84 bits per heavy atom. The van der Waals surface area contributed by atoms with Crippen LogP contribution in [0.2, 0.25) is 0 Å². The molecular weight excluding hydrogens is 312 g/mol. The normalized spacial score (nSPS) is 10.6. The fourth-order valence-electron chi connectivity index (χ4n) is 2.37. The number of para-hydroxylation sites is 2. The van der Waals surface area contributed by atoms with Crippen molar-refractivity contribution in [2.75, 3.05) is 12.1 Å². The number of benzene rings is 3. The van der Waals surface area contributed by atoms with Crippen LogP contribution in [0.15, 0.2) is 90.0 Å². The maximum atomic E-state index is 11.5. The van der Waals surface area contributed by atoms with Crippen LogP contribution in [0.4, 0.5) is 11.4 Å². The summed E-state index contributed by atoms with van der Waals surface area (Å²) in [6, 6.07) is 27.0. The third kappa shape index (κ3) is 4.12. The molecule has 0 N–H and O–H groups in total. The predicted molar refractivity (Wildman–Crippen MR) is 100 cm³/mol. The Kier molecular flexibility index (Phi) is 5.22. The minimum atomic E-state index is -0.348. The van der Waals surface area contributed by atoms with Crippen LogP contribution in [-0.2, 0) is 4.74 Å². The largest absolute Gasteiger partial charge is 0.465 e. The molecule has 4 heteroatoms. The molecule has 0 aromatic heterocycles. The molecule has 0 heterocycles. The number of methoxy groups -OCH3 is 1. The number of hydrazone groups is 1. The van der Waals surface area contributed by atoms with Crippen LogP contribution in [0.5, 0.6) is 0 Å². The number of anilines is 2. The molecular formula is C21H18N2O2. The van der Waals surface area contributed by atoms with Gasteiger partial charge in [-0.3, -0.25) is 0 Å². The molecule has 0 aliphatic rings. The van der Waals surface area contributed by atoms with E-state index in [2.05, 4.69) is 5.10 Å². The standard InChI is InChI=1S/C21H18N2O2/c1-25-21(24)18-14-12-17(13-15-18)16-22-23(19-8-4-2-5-9-19)20-10-6-3-7-11-20/h2-16H,1H3/b22-16-. The molecule has 0 aliphatic carbocycles. The van der Waals surface area contributed by atoms with Gasteiger partial charge >= 0.3 is 5.97 Å². The van der Waals surface area contributed by atoms with E-state index in [1.54, 1.807) is 18.3 Å². The lowest BCUT2D eigenvalue weighted by Crippen LogP contribution is -2.09. The zero-order valence-corrected chi connectivity index (χ0v) is 13.9. The summed E-state index contributed by atoms with van der Waals surface area (Å²) in [4.78, 5) is 11.5. The van der Waals surface area contributed by atoms with Crippen LogP contribution in [0.1, 0.15) is 15.9 Å². The molecule has 3 aromatic carbocycles. The summed E-state index contributed by atoms with van der Waals surface area (Å²) >= 11 is 0. The fraction of sp³-hybridized carbons (Fsp3) is 0.0476. The number of ether oxygens (including phenoxy) is 1. The first kappa shape index (κ1) is 16.5. The molecule has 0 atom stereocenters. The van der Waals surface area contributed by atoms with Crippen LogP contribution in [0, 0.1) is 0 Å². The molecule has 0 saturated heterocycles. The van der Waals surface area contributed by atoms with Gasteiger partial charge in [-0.15, -0.1) is 0 Å². The molecule has 0 radical (unpaired) electrons. The van der Waals surface area contributed by atoms with E-state index in [4.69, 9.17) is 4.74 Å². The highest BCUT2D eigenvalue weighted by Crippen LogP contribution is 2.25. The Morgan fingerprint density at radius 1 is 0.840 bits per heavy atom. The molecule has 0 saturated carbocycles. The lowest BCUT2D eigenvalue weighted by molar-refractivity contribution is 0.0600. The number of hydrogen-bond donors (Lipinski definition) is 0. The van der Waals surface area contributed by atoms with Gasteiger partial charge in [0.25, 0.3) is 0 Å². The van der Waals surface area contributed by atoms with Crippen LogP contribution in [0.3, 0.4) is 0 Å². The van der Waals surface area contributed by atoms with Gasteiger partial charge in [0.05, 0.1) is 30.3 Å². The Morgan fingerprint density at radius 2 is 1.36 bits per heavy atom. The first-order valence-corrected chi connectivity index (χ1v) is 7.90. The maximum Gasteiger partial charge on any atom is 0.337 e. The van der Waals surface area contributed by atoms with Gasteiger partial charge in [0.15, 0.2) is 0 Å². The Labute approximate surface area is 147 Å². The van der Waals surface area contributed by atoms with Crippen molar-refractivity contribution in [3.05, 3.63) is 96.1 Å². The first-order valence-electron chi connectivity index (χ1n) is 7.90. The highest BCUT2D eigenvalue weighted by molar-refractivity contribution is 5.90. The van der Waals surface area contributed by atoms with Crippen molar-refractivity contribution in [2.45, 2.75) is 0 Å². The predicted octanol–water partition coefficient (Wildman–Crippen LogP) is 4.65. The second-order valence-electron chi connectivity index (χ2n) is 5.34. The molecule has 124 valence electrons. The average Bonchev–Trinajstić information content (AvgIpc) is 2.70. The van der Waals surface area contributed by atoms with Crippen LogP contribution >= 0.6 is 0 Å². The van der Waals surface area contributed by atoms with Gasteiger partial charge in [0, 0.05) is 0 Å². The van der Waals surface area contributed by atoms with E-state index >= 15 is 0 Å². The van der Waals surface area contributed by atoms with Crippen molar-refractivity contribution >= 4 is 23.6 Å². The number of hydrogen-bond acceptors (Lipinski definition) is 4. The van der Waals surface area contributed by atoms with Crippen LogP contribution in [0.25, 0.3) is 0 Å². The highest BCUT2D eigenvalue weighted by Gasteiger charge is 2.07. The summed E-state index contributed by atoms with van der Waals surface area (Å²) < 4.78 is 4.71. The van der Waals surface area contributed by atoms with E-state index in [0.717, 1.165) is 16.9 Å². The fourth-order valence-corrected chi connectivity index (χ4v) is 2.37. The molecule has 0 fully saturated rings. The Hall–Kier alpha value is -3.40. The van der Waals surface area contributed by atoms with Crippen LogP contribution in [-0.4, -0.2) is 19.3 Å². The van der Waals surface area contributed by atoms with Gasteiger partial charge in [0.1, 0.15) is 0 Å². The summed E-state index contributed by atoms with van der Waals surface area (Å²) in [7, 11) is 1.37. The molecule has 0 bridgehead atoms. The Bertz CT molecular complexity index is 805. The molecule has 3 aromatic rings. The zero-order valence-electron chi connectivity index (χ0n) is 13.9. The van der Waals surface area contributed by atoms with Crippen molar-refractivity contribution in [3.8, 4) is 0 Å². The van der Waals surface area contributed by atoms with E-state index in [0.29, 0.717) is 5.56 Å². The molecule has 0 aliphatic heterocycles. The lowest BCUT2D eigenvalue weighted by atomic mass is 10.1. The van der Waals surface area contributed by atoms with Gasteiger partial charge in [-0.25, -0.2) is 9.80 Å². The highest BCUT2D eigenvalue weighted by atomic mass is 16.5. The van der Waals surface area contributed by atoms with Crippen molar-refractivity contribution in [1.29, 1.82) is 0 Å². The topological polar surface area (TPSA) is 41.9 Å². The van der Waals surface area contributed by atoms with Gasteiger partial charge in [0.2, 0.25) is 0 Å². The van der Waals surface area contributed by atoms with Crippen LogP contribution < -0.4 is 5.01 Å². The molecule has 25 heavy (non-hydrogen) atoms. The minimum absolute atomic E-state index is 0.348. The SMILES string of the molecule is COC(=O)c1ccc(/C=N\N(c2ccccc2)c2ccccc2)cc1. The lowest BCUT2D eigenvalue weighted by Gasteiger charge is -2.19. The van der Waals surface area contributed by atoms with E-state index in [1.807, 2.05) is 77.8 Å². The third-order valence-electron chi connectivity index (χ3n) is 3.66. The average molecular weight is 330 g/mol. The summed E-state index contributed by atoms with van der Waals surface area (Å²) in [5.74, 6) is -0.348. The molecule has 0 amide bonds. The molecule has 3 rings (SSSR count). The second-order valence-corrected chi connectivity index (χ2v) is 5.34. The summed E-state index contributed by atoms with van der Waals surface area (Å²) in [6.07, 6.45) is 1.76. The Balaban J connectivity index is 1.88. The monoisotopic (exact) mass is 330 g/mol. The summed E-state index contributed by atoms with van der Waals surface area (Å²) in [5.41, 5.74) is 3.35. The smallest absolute Gasteiger partial charge is 0.337 e. The summed E-state index contributed by atoms with van der Waals surface area (Å²) in [6.45, 7) is 0. The van der Waals surface area contributed by atoms with Crippen molar-refractivity contribution in [2.24, 2.45) is 5.10 Å². The number of nitrogens with zero attached hydrogens (tertiary/aromatic N) is 2. The van der Waals surface area contributed by atoms with Crippen molar-refractivity contribution in [1.82, 2.24) is 0 Å². The van der Waals surface area contributed by atoms with Gasteiger partial charge < -0.3 is 4.74 Å². The molecule has 0 spiro atoms. The minimum Gasteiger partial charge on any atom is -0.465 e. The number of carbonyl (C=O) groups excluding carboxylic acids is 1. The van der Waals surface area contributed by atoms with E-state index in [9.17, 15) is 4.79 Å². The number of esters is 1. The van der Waals surface area contributed by atoms with Gasteiger partial charge in [-0.1, -0.05) is 48.5 Å². The maximum absolute atomic E-state index is 11.5. The quantitative estimate of drug-likeness (QED) is 0.389. The molecule has 0 unspecified atom stereocenters. The summed E-state index contributed by atoms with van der Waals surface area (Å²) in [5, 5.41) is 6.49. The first-order chi connectivity index (χ1) is 12.3. The van der Waals surface area contributed by atoms with Gasteiger partial charge in [-0.05, 0) is 42.0 Å². The van der Waals surface area contributed by atoms with E-state index in [-0.39, 0.29) is 5.97 Å². The third-order valence-corrected chi connectivity index (χ3v) is 3.66. The zero-order chi connectivity index (χ0) is 17.5. The number of carbonyl (C=O) groups is 1. The molecule has 4 nitrogen and oxygen atoms in total. The van der Waals surface area contributed by atoms with Crippen molar-refractivity contribution in [3.63, 3.8) is 0 Å². The van der Waals surface area contributed by atoms with E-state index in [1.165, 1.54) is 7.11 Å².